The van der Waals surface area contributed by atoms with Crippen LogP contribution in [-0.2, 0) is 20.9 Å². The molecular formula is C16H18O3. The number of ether oxygens (including phenoxy) is 2. The third-order valence-electron chi connectivity index (χ3n) is 3.65. The topological polar surface area (TPSA) is 35.5 Å². The zero-order valence-corrected chi connectivity index (χ0v) is 10.8. The Morgan fingerprint density at radius 3 is 2.89 bits per heavy atom. The Kier molecular flexibility index (Phi) is 3.76. The SMILES string of the molecule is O=C1CC[C@@H]2O[C@@H](C=C[C@H]2OCc2ccccc2)C1. The van der Waals surface area contributed by atoms with E-state index in [0.717, 1.165) is 12.0 Å². The first-order valence-electron chi connectivity index (χ1n) is 6.82. The average Bonchev–Trinajstić information content (AvgIpc) is 2.59. The van der Waals surface area contributed by atoms with Gasteiger partial charge in [0.05, 0.1) is 18.8 Å². The summed E-state index contributed by atoms with van der Waals surface area (Å²) in [4.78, 5) is 11.6. The van der Waals surface area contributed by atoms with E-state index in [0.29, 0.717) is 25.2 Å². The summed E-state index contributed by atoms with van der Waals surface area (Å²) in [6, 6.07) is 10.1. The maximum Gasteiger partial charge on any atom is 0.135 e. The van der Waals surface area contributed by atoms with Crippen molar-refractivity contribution in [2.24, 2.45) is 0 Å². The molecular weight excluding hydrogens is 240 g/mol. The lowest BCUT2D eigenvalue weighted by atomic mass is 10.1. The number of carbonyl (C=O) groups is 1. The molecule has 2 aliphatic rings. The van der Waals surface area contributed by atoms with Gasteiger partial charge in [-0.2, -0.15) is 0 Å². The second kappa shape index (κ2) is 5.68. The summed E-state index contributed by atoms with van der Waals surface area (Å²) in [7, 11) is 0. The fourth-order valence-corrected chi connectivity index (χ4v) is 2.61. The molecule has 0 radical (unpaired) electrons. The van der Waals surface area contributed by atoms with Crippen LogP contribution in [0.2, 0.25) is 0 Å². The molecule has 3 heteroatoms. The van der Waals surface area contributed by atoms with Gasteiger partial charge in [-0.1, -0.05) is 42.5 Å². The Morgan fingerprint density at radius 2 is 2.05 bits per heavy atom. The van der Waals surface area contributed by atoms with Crippen LogP contribution in [0, 0.1) is 0 Å². The zero-order valence-electron chi connectivity index (χ0n) is 10.8. The summed E-state index contributed by atoms with van der Waals surface area (Å²) in [5.41, 5.74) is 1.16. The predicted octanol–water partition coefficient (Wildman–Crippen LogP) is 2.65. The third kappa shape index (κ3) is 3.11. The molecule has 3 atom stereocenters. The van der Waals surface area contributed by atoms with Gasteiger partial charge >= 0.3 is 0 Å². The fraction of sp³-hybridized carbons (Fsp3) is 0.438. The number of hydrogen-bond acceptors (Lipinski definition) is 3. The quantitative estimate of drug-likeness (QED) is 0.782. The second-order valence-corrected chi connectivity index (χ2v) is 5.14. The maximum absolute atomic E-state index is 11.6. The highest BCUT2D eigenvalue weighted by Gasteiger charge is 2.32. The van der Waals surface area contributed by atoms with Gasteiger partial charge in [0.15, 0.2) is 0 Å². The minimum absolute atomic E-state index is 0.0187. The lowest BCUT2D eigenvalue weighted by molar-refractivity contribution is -0.120. The van der Waals surface area contributed by atoms with E-state index < -0.39 is 0 Å². The van der Waals surface area contributed by atoms with Gasteiger partial charge in [0.1, 0.15) is 11.9 Å². The van der Waals surface area contributed by atoms with Gasteiger partial charge in [-0.15, -0.1) is 0 Å². The van der Waals surface area contributed by atoms with Gasteiger partial charge in [-0.25, -0.2) is 0 Å². The molecule has 2 aliphatic heterocycles. The van der Waals surface area contributed by atoms with Crippen molar-refractivity contribution in [3.8, 4) is 0 Å². The minimum Gasteiger partial charge on any atom is -0.367 e. The molecule has 0 unspecified atom stereocenters. The molecule has 0 N–H and O–H groups in total. The van der Waals surface area contributed by atoms with Crippen molar-refractivity contribution in [1.29, 1.82) is 0 Å². The van der Waals surface area contributed by atoms with Gasteiger partial charge in [0.2, 0.25) is 0 Å². The summed E-state index contributed by atoms with van der Waals surface area (Å²) in [5, 5.41) is 0. The van der Waals surface area contributed by atoms with Crippen molar-refractivity contribution >= 4 is 5.78 Å². The van der Waals surface area contributed by atoms with Crippen molar-refractivity contribution in [1.82, 2.24) is 0 Å². The van der Waals surface area contributed by atoms with Crippen LogP contribution >= 0.6 is 0 Å². The standard InChI is InChI=1S/C16H18O3/c17-13-6-8-16-15(9-7-14(10-13)19-16)18-11-12-4-2-1-3-5-12/h1-5,7,9,14-16H,6,8,10-11H2/t14-,15+,16-/m0/s1. The smallest absolute Gasteiger partial charge is 0.135 e. The summed E-state index contributed by atoms with van der Waals surface area (Å²) in [6.07, 6.45) is 5.84. The molecule has 3 nitrogen and oxygen atoms in total. The van der Waals surface area contributed by atoms with Gasteiger partial charge in [-0.3, -0.25) is 4.79 Å². The molecule has 3 rings (SSSR count). The van der Waals surface area contributed by atoms with E-state index in [9.17, 15) is 4.79 Å². The highest BCUT2D eigenvalue weighted by Crippen LogP contribution is 2.26. The highest BCUT2D eigenvalue weighted by atomic mass is 16.5. The molecule has 0 spiro atoms. The summed E-state index contributed by atoms with van der Waals surface area (Å²) in [6.45, 7) is 0.578. The van der Waals surface area contributed by atoms with Crippen LogP contribution in [0.25, 0.3) is 0 Å². The normalized spacial score (nSPS) is 30.1. The Morgan fingerprint density at radius 1 is 1.21 bits per heavy atom. The largest absolute Gasteiger partial charge is 0.367 e. The number of Topliss-reactive ketones (excluding diaryl/α,β-unsaturated/α-hetero) is 1. The number of rotatable bonds is 3. The van der Waals surface area contributed by atoms with Crippen molar-refractivity contribution in [2.75, 3.05) is 0 Å². The fourth-order valence-electron chi connectivity index (χ4n) is 2.61. The third-order valence-corrected chi connectivity index (χ3v) is 3.65. The molecule has 0 amide bonds. The van der Waals surface area contributed by atoms with Crippen LogP contribution in [0.1, 0.15) is 24.8 Å². The first kappa shape index (κ1) is 12.6. The lowest BCUT2D eigenvalue weighted by Crippen LogP contribution is -2.35. The molecule has 0 saturated carbocycles. The van der Waals surface area contributed by atoms with Crippen LogP contribution < -0.4 is 0 Å². The number of carbonyl (C=O) groups excluding carboxylic acids is 1. The first-order chi connectivity index (χ1) is 9.31. The van der Waals surface area contributed by atoms with Gasteiger partial charge in [-0.05, 0) is 12.0 Å². The molecule has 2 heterocycles. The molecule has 0 aliphatic carbocycles. The minimum atomic E-state index is -0.0448. The summed E-state index contributed by atoms with van der Waals surface area (Å²) < 4.78 is 11.8. The van der Waals surface area contributed by atoms with Crippen molar-refractivity contribution in [2.45, 2.75) is 44.2 Å². The molecule has 1 saturated heterocycles. The Labute approximate surface area is 113 Å². The molecule has 19 heavy (non-hydrogen) atoms. The van der Waals surface area contributed by atoms with E-state index in [1.807, 2.05) is 36.4 Å². The number of hydrogen-bond donors (Lipinski definition) is 0. The van der Waals surface area contributed by atoms with Gasteiger partial charge < -0.3 is 9.47 Å². The number of benzene rings is 1. The van der Waals surface area contributed by atoms with Gasteiger partial charge in [0, 0.05) is 12.8 Å². The van der Waals surface area contributed by atoms with E-state index in [2.05, 4.69) is 6.08 Å². The maximum atomic E-state index is 11.6. The van der Waals surface area contributed by atoms with Crippen molar-refractivity contribution in [3.05, 3.63) is 48.0 Å². The Hall–Kier alpha value is -1.45. The van der Waals surface area contributed by atoms with E-state index in [1.165, 1.54) is 0 Å². The predicted molar refractivity (Wildman–Crippen MR) is 71.7 cm³/mol. The second-order valence-electron chi connectivity index (χ2n) is 5.14. The molecule has 2 bridgehead atoms. The van der Waals surface area contributed by atoms with E-state index in [-0.39, 0.29) is 18.3 Å². The molecule has 100 valence electrons. The molecule has 1 fully saturated rings. The zero-order chi connectivity index (χ0) is 13.1. The van der Waals surface area contributed by atoms with Crippen LogP contribution in [-0.4, -0.2) is 24.1 Å². The first-order valence-corrected chi connectivity index (χ1v) is 6.82. The summed E-state index contributed by atoms with van der Waals surface area (Å²) in [5.74, 6) is 0.292. The Balaban J connectivity index is 1.62. The van der Waals surface area contributed by atoms with Crippen LogP contribution in [0.3, 0.4) is 0 Å². The van der Waals surface area contributed by atoms with Crippen molar-refractivity contribution in [3.63, 3.8) is 0 Å². The molecule has 1 aromatic rings. The Bertz CT molecular complexity index is 466. The molecule has 1 aromatic carbocycles. The van der Waals surface area contributed by atoms with Crippen molar-refractivity contribution < 1.29 is 14.3 Å². The monoisotopic (exact) mass is 258 g/mol. The summed E-state index contributed by atoms with van der Waals surface area (Å²) >= 11 is 0. The van der Waals surface area contributed by atoms with E-state index >= 15 is 0 Å². The van der Waals surface area contributed by atoms with E-state index in [1.54, 1.807) is 0 Å². The van der Waals surface area contributed by atoms with Gasteiger partial charge in [0.25, 0.3) is 0 Å². The molecule has 0 aromatic heterocycles. The number of ketones is 1. The van der Waals surface area contributed by atoms with Crippen LogP contribution in [0.5, 0.6) is 0 Å². The average molecular weight is 258 g/mol. The van der Waals surface area contributed by atoms with E-state index in [4.69, 9.17) is 9.47 Å². The van der Waals surface area contributed by atoms with Crippen LogP contribution in [0.4, 0.5) is 0 Å². The highest BCUT2D eigenvalue weighted by molar-refractivity contribution is 5.79. The number of fused-ring (bicyclic) bond motifs is 2. The lowest BCUT2D eigenvalue weighted by Gasteiger charge is -2.30. The van der Waals surface area contributed by atoms with Crippen LogP contribution in [0.15, 0.2) is 42.5 Å².